The normalized spacial score (nSPS) is 16.8. The van der Waals surface area contributed by atoms with Gasteiger partial charge in [0, 0.05) is 46.4 Å². The Morgan fingerprint density at radius 1 is 1.29 bits per heavy atom. The highest BCUT2D eigenvalue weighted by Crippen LogP contribution is 1.94. The minimum atomic E-state index is 0.731. The molecule has 0 saturated carbocycles. The molecule has 0 aromatic carbocycles. The van der Waals surface area contributed by atoms with E-state index in [1.165, 1.54) is 0 Å². The maximum absolute atomic E-state index is 5.29. The van der Waals surface area contributed by atoms with Gasteiger partial charge in [-0.3, -0.25) is 4.90 Å². The maximum atomic E-state index is 5.29. The third-order valence-electron chi connectivity index (χ3n) is 2.63. The zero-order chi connectivity index (χ0) is 12.3. The highest BCUT2D eigenvalue weighted by molar-refractivity contribution is 7.80. The van der Waals surface area contributed by atoms with E-state index in [0.29, 0.717) is 0 Å². The first-order chi connectivity index (χ1) is 8.33. The average Bonchev–Trinajstić information content (AvgIpc) is 2.36. The number of morpholine rings is 1. The molecule has 1 aliphatic rings. The van der Waals surface area contributed by atoms with Crippen LogP contribution in [-0.4, -0.2) is 69.7 Å². The molecule has 2 N–H and O–H groups in total. The smallest absolute Gasteiger partial charge is 0.166 e. The molecule has 1 rings (SSSR count). The lowest BCUT2D eigenvalue weighted by Crippen LogP contribution is -2.43. The van der Waals surface area contributed by atoms with E-state index in [1.807, 2.05) is 0 Å². The highest BCUT2D eigenvalue weighted by Gasteiger charge is 2.09. The molecule has 0 atom stereocenters. The largest absolute Gasteiger partial charge is 0.385 e. The third kappa shape index (κ3) is 7.49. The lowest BCUT2D eigenvalue weighted by atomic mass is 10.4. The summed E-state index contributed by atoms with van der Waals surface area (Å²) in [4.78, 5) is 2.38. The lowest BCUT2D eigenvalue weighted by molar-refractivity contribution is 0.0389. The third-order valence-corrected chi connectivity index (χ3v) is 2.92. The Morgan fingerprint density at radius 3 is 2.71 bits per heavy atom. The molecule has 1 saturated heterocycles. The SMILES string of the molecule is COCCCNC(=S)NCCN1CCOCC1. The monoisotopic (exact) mass is 261 g/mol. The fourth-order valence-electron chi connectivity index (χ4n) is 1.63. The number of methoxy groups -OCH3 is 1. The molecular weight excluding hydrogens is 238 g/mol. The van der Waals surface area contributed by atoms with Crippen LogP contribution >= 0.6 is 12.2 Å². The molecule has 100 valence electrons. The van der Waals surface area contributed by atoms with Gasteiger partial charge in [0.05, 0.1) is 13.2 Å². The molecule has 6 heteroatoms. The number of nitrogens with zero attached hydrogens (tertiary/aromatic N) is 1. The van der Waals surface area contributed by atoms with Crippen LogP contribution in [-0.2, 0) is 9.47 Å². The molecule has 0 aromatic heterocycles. The summed E-state index contributed by atoms with van der Waals surface area (Å²) in [6, 6.07) is 0. The van der Waals surface area contributed by atoms with Gasteiger partial charge < -0.3 is 20.1 Å². The van der Waals surface area contributed by atoms with Crippen molar-refractivity contribution in [2.75, 3.05) is 59.7 Å². The summed E-state index contributed by atoms with van der Waals surface area (Å²) in [5, 5.41) is 7.09. The number of rotatable bonds is 7. The quantitative estimate of drug-likeness (QED) is 0.490. The van der Waals surface area contributed by atoms with E-state index in [4.69, 9.17) is 21.7 Å². The Kier molecular flexibility index (Phi) is 8.25. The van der Waals surface area contributed by atoms with E-state index in [-0.39, 0.29) is 0 Å². The van der Waals surface area contributed by atoms with Crippen molar-refractivity contribution in [1.82, 2.24) is 15.5 Å². The molecule has 0 spiro atoms. The molecule has 5 nitrogen and oxygen atoms in total. The minimum Gasteiger partial charge on any atom is -0.385 e. The predicted octanol–water partition coefficient (Wildman–Crippen LogP) is -0.181. The van der Waals surface area contributed by atoms with Crippen LogP contribution in [0.4, 0.5) is 0 Å². The van der Waals surface area contributed by atoms with Crippen LogP contribution in [0.5, 0.6) is 0 Å². The number of ether oxygens (including phenoxy) is 2. The number of hydrogen-bond acceptors (Lipinski definition) is 4. The van der Waals surface area contributed by atoms with Gasteiger partial charge >= 0.3 is 0 Å². The Morgan fingerprint density at radius 2 is 2.00 bits per heavy atom. The number of hydrogen-bond donors (Lipinski definition) is 2. The van der Waals surface area contributed by atoms with E-state index in [1.54, 1.807) is 7.11 Å². The Hall–Kier alpha value is -0.430. The Labute approximate surface area is 109 Å². The summed E-state index contributed by atoms with van der Waals surface area (Å²) < 4.78 is 10.3. The van der Waals surface area contributed by atoms with Gasteiger partial charge in [-0.05, 0) is 18.6 Å². The van der Waals surface area contributed by atoms with E-state index in [2.05, 4.69) is 15.5 Å². The second-order valence-corrected chi connectivity index (χ2v) is 4.39. The van der Waals surface area contributed by atoms with Crippen molar-refractivity contribution in [3.63, 3.8) is 0 Å². The fourth-order valence-corrected chi connectivity index (χ4v) is 1.84. The van der Waals surface area contributed by atoms with E-state index in [0.717, 1.165) is 64.1 Å². The van der Waals surface area contributed by atoms with Crippen LogP contribution in [0.1, 0.15) is 6.42 Å². The summed E-state index contributed by atoms with van der Waals surface area (Å²) in [5.41, 5.74) is 0. The summed E-state index contributed by atoms with van der Waals surface area (Å²) in [7, 11) is 1.71. The van der Waals surface area contributed by atoms with Crippen LogP contribution < -0.4 is 10.6 Å². The van der Waals surface area contributed by atoms with Gasteiger partial charge in [0.25, 0.3) is 0 Å². The van der Waals surface area contributed by atoms with Crippen LogP contribution in [0.15, 0.2) is 0 Å². The topological polar surface area (TPSA) is 45.8 Å². The zero-order valence-electron chi connectivity index (χ0n) is 10.5. The first-order valence-corrected chi connectivity index (χ1v) is 6.54. The molecule has 0 aliphatic carbocycles. The van der Waals surface area contributed by atoms with Gasteiger partial charge in [0.1, 0.15) is 0 Å². The Bertz CT molecular complexity index is 211. The Balaban J connectivity index is 1.92. The lowest BCUT2D eigenvalue weighted by Gasteiger charge is -2.26. The van der Waals surface area contributed by atoms with E-state index < -0.39 is 0 Å². The molecule has 17 heavy (non-hydrogen) atoms. The summed E-state index contributed by atoms with van der Waals surface area (Å²) >= 11 is 5.16. The van der Waals surface area contributed by atoms with Crippen molar-refractivity contribution in [3.8, 4) is 0 Å². The molecule has 0 aromatic rings. The molecule has 0 unspecified atom stereocenters. The van der Waals surface area contributed by atoms with Crippen molar-refractivity contribution in [3.05, 3.63) is 0 Å². The second-order valence-electron chi connectivity index (χ2n) is 3.98. The van der Waals surface area contributed by atoms with E-state index in [9.17, 15) is 0 Å². The molecule has 0 radical (unpaired) electrons. The molecule has 0 amide bonds. The van der Waals surface area contributed by atoms with Crippen LogP contribution in [0, 0.1) is 0 Å². The molecule has 0 bridgehead atoms. The van der Waals surface area contributed by atoms with Crippen molar-refractivity contribution in [2.45, 2.75) is 6.42 Å². The standard InChI is InChI=1S/C11H23N3O2S/c1-15-8-2-3-12-11(17)13-4-5-14-6-9-16-10-7-14/h2-10H2,1H3,(H2,12,13,17). The van der Waals surface area contributed by atoms with Gasteiger partial charge in [-0.15, -0.1) is 0 Å². The van der Waals surface area contributed by atoms with Gasteiger partial charge in [0.15, 0.2) is 5.11 Å². The molecule has 1 heterocycles. The summed E-state index contributed by atoms with van der Waals surface area (Å²) in [6.45, 7) is 7.27. The first kappa shape index (κ1) is 14.6. The molecule has 1 aliphatic heterocycles. The van der Waals surface area contributed by atoms with Crippen molar-refractivity contribution >= 4 is 17.3 Å². The second kappa shape index (κ2) is 9.58. The van der Waals surface area contributed by atoms with E-state index >= 15 is 0 Å². The minimum absolute atomic E-state index is 0.731. The van der Waals surface area contributed by atoms with Gasteiger partial charge in [0.2, 0.25) is 0 Å². The zero-order valence-corrected chi connectivity index (χ0v) is 11.4. The van der Waals surface area contributed by atoms with Crippen LogP contribution in [0.25, 0.3) is 0 Å². The molecular formula is C11H23N3O2S. The number of thiocarbonyl (C=S) groups is 1. The predicted molar refractivity (Wildman–Crippen MR) is 72.4 cm³/mol. The van der Waals surface area contributed by atoms with Crippen molar-refractivity contribution < 1.29 is 9.47 Å². The van der Waals surface area contributed by atoms with Crippen molar-refractivity contribution in [1.29, 1.82) is 0 Å². The maximum Gasteiger partial charge on any atom is 0.166 e. The first-order valence-electron chi connectivity index (χ1n) is 6.13. The van der Waals surface area contributed by atoms with Crippen LogP contribution in [0.2, 0.25) is 0 Å². The van der Waals surface area contributed by atoms with Gasteiger partial charge in [-0.25, -0.2) is 0 Å². The van der Waals surface area contributed by atoms with Gasteiger partial charge in [-0.1, -0.05) is 0 Å². The summed E-state index contributed by atoms with van der Waals surface area (Å²) in [5.74, 6) is 0. The van der Waals surface area contributed by atoms with Crippen LogP contribution in [0.3, 0.4) is 0 Å². The molecule has 1 fully saturated rings. The van der Waals surface area contributed by atoms with Crippen molar-refractivity contribution in [2.24, 2.45) is 0 Å². The highest BCUT2D eigenvalue weighted by atomic mass is 32.1. The average molecular weight is 261 g/mol. The van der Waals surface area contributed by atoms with Gasteiger partial charge in [-0.2, -0.15) is 0 Å². The fraction of sp³-hybridized carbons (Fsp3) is 0.909. The number of nitrogens with one attached hydrogen (secondary N) is 2. The summed E-state index contributed by atoms with van der Waals surface area (Å²) in [6.07, 6.45) is 0.974.